The molecule has 1 aliphatic rings. The van der Waals surface area contributed by atoms with Gasteiger partial charge in [0.2, 0.25) is 0 Å². The number of halogens is 1. The third kappa shape index (κ3) is 3.88. The lowest BCUT2D eigenvalue weighted by Gasteiger charge is -2.19. The summed E-state index contributed by atoms with van der Waals surface area (Å²) in [5.41, 5.74) is 1.14. The van der Waals surface area contributed by atoms with Crippen molar-refractivity contribution in [2.45, 2.75) is 11.3 Å². The monoisotopic (exact) mass is 379 g/mol. The summed E-state index contributed by atoms with van der Waals surface area (Å²) in [6.45, 7) is 1.52. The summed E-state index contributed by atoms with van der Waals surface area (Å²) in [5.74, 6) is 0.908. The number of rotatable bonds is 5. The minimum atomic E-state index is -3.88. The molecule has 0 radical (unpaired) electrons. The van der Waals surface area contributed by atoms with Gasteiger partial charge in [0.15, 0.2) is 0 Å². The number of sulfonamides is 1. The third-order valence-electron chi connectivity index (χ3n) is 3.74. The predicted octanol–water partition coefficient (Wildman–Crippen LogP) is 2.89. The summed E-state index contributed by atoms with van der Waals surface area (Å²) in [6.07, 6.45) is 0.955. The Morgan fingerprint density at radius 2 is 2.04 bits per heavy atom. The molecule has 0 bridgehead atoms. The molecule has 2 aromatic rings. The summed E-state index contributed by atoms with van der Waals surface area (Å²) >= 11 is 5.96. The van der Waals surface area contributed by atoms with Gasteiger partial charge in [0.1, 0.15) is 16.5 Å². The molecule has 25 heavy (non-hydrogen) atoms. The Labute approximate surface area is 151 Å². The number of nitrogens with zero attached hydrogens (tertiary/aromatic N) is 1. The van der Waals surface area contributed by atoms with E-state index < -0.39 is 10.0 Å². The maximum absolute atomic E-state index is 12.9. The largest absolute Gasteiger partial charge is 0.495 e. The second-order valence-electron chi connectivity index (χ2n) is 5.46. The van der Waals surface area contributed by atoms with E-state index in [4.69, 9.17) is 16.3 Å². The van der Waals surface area contributed by atoms with Crippen LogP contribution in [0.15, 0.2) is 52.4 Å². The lowest BCUT2D eigenvalue weighted by Crippen LogP contribution is -2.31. The molecule has 6 nitrogen and oxygen atoms in total. The maximum atomic E-state index is 12.9. The van der Waals surface area contributed by atoms with Crippen LogP contribution in [0, 0.1) is 0 Å². The molecule has 0 spiro atoms. The van der Waals surface area contributed by atoms with Gasteiger partial charge in [-0.05, 0) is 36.8 Å². The van der Waals surface area contributed by atoms with Crippen molar-refractivity contribution in [2.24, 2.45) is 4.99 Å². The first kappa shape index (κ1) is 17.6. The van der Waals surface area contributed by atoms with Crippen molar-refractivity contribution in [3.63, 3.8) is 0 Å². The molecule has 0 fully saturated rings. The zero-order valence-electron chi connectivity index (χ0n) is 13.6. The van der Waals surface area contributed by atoms with Crippen LogP contribution in [0.25, 0.3) is 0 Å². The van der Waals surface area contributed by atoms with Gasteiger partial charge in [-0.25, -0.2) is 8.42 Å². The van der Waals surface area contributed by atoms with E-state index >= 15 is 0 Å². The molecule has 0 saturated carbocycles. The highest BCUT2D eigenvalue weighted by Crippen LogP contribution is 2.29. The van der Waals surface area contributed by atoms with Crippen molar-refractivity contribution in [3.8, 4) is 5.75 Å². The topological polar surface area (TPSA) is 79.8 Å². The molecule has 8 heteroatoms. The number of benzene rings is 2. The Hall–Kier alpha value is -2.25. The van der Waals surface area contributed by atoms with Gasteiger partial charge in [-0.2, -0.15) is 0 Å². The lowest BCUT2D eigenvalue weighted by atomic mass is 10.1. The minimum Gasteiger partial charge on any atom is -0.495 e. The van der Waals surface area contributed by atoms with E-state index in [9.17, 15) is 8.42 Å². The van der Waals surface area contributed by atoms with Crippen molar-refractivity contribution in [2.75, 3.05) is 24.9 Å². The van der Waals surface area contributed by atoms with Crippen molar-refractivity contribution in [3.05, 3.63) is 53.1 Å². The number of hydrogen-bond acceptors (Lipinski definition) is 5. The molecule has 2 aromatic carbocycles. The molecule has 132 valence electrons. The second-order valence-corrected chi connectivity index (χ2v) is 7.54. The second kappa shape index (κ2) is 7.33. The molecule has 0 aliphatic carbocycles. The quantitative estimate of drug-likeness (QED) is 0.837. The van der Waals surface area contributed by atoms with Crippen LogP contribution in [0.1, 0.15) is 12.0 Å². The summed E-state index contributed by atoms with van der Waals surface area (Å²) in [5, 5.41) is 3.52. The fraction of sp³-hybridized carbons (Fsp3) is 0.235. The number of nitrogens with one attached hydrogen (secondary N) is 2. The number of methoxy groups -OCH3 is 1. The Morgan fingerprint density at radius 1 is 1.24 bits per heavy atom. The first-order chi connectivity index (χ1) is 12.0. The van der Waals surface area contributed by atoms with E-state index in [1.54, 1.807) is 18.2 Å². The van der Waals surface area contributed by atoms with Crippen LogP contribution in [0.3, 0.4) is 0 Å². The number of hydrogen-bond donors (Lipinski definition) is 2. The van der Waals surface area contributed by atoms with Gasteiger partial charge in [0, 0.05) is 23.7 Å². The Balaban J connectivity index is 2.00. The molecule has 0 aromatic heterocycles. The number of ether oxygens (including phenoxy) is 1. The van der Waals surface area contributed by atoms with Gasteiger partial charge in [-0.15, -0.1) is 0 Å². The molecule has 0 atom stereocenters. The fourth-order valence-electron chi connectivity index (χ4n) is 2.55. The molecular weight excluding hydrogens is 362 g/mol. The maximum Gasteiger partial charge on any atom is 0.265 e. The SMILES string of the molecule is COc1ccc(Cl)cc1S(=O)(=O)Nc1ccccc1C1=NCCCN1. The number of anilines is 1. The summed E-state index contributed by atoms with van der Waals surface area (Å²) in [6, 6.07) is 11.6. The van der Waals surface area contributed by atoms with Gasteiger partial charge in [-0.3, -0.25) is 9.71 Å². The van der Waals surface area contributed by atoms with Gasteiger partial charge in [0.05, 0.1) is 12.8 Å². The molecule has 0 saturated heterocycles. The molecule has 1 heterocycles. The third-order valence-corrected chi connectivity index (χ3v) is 5.36. The van der Waals surface area contributed by atoms with Crippen molar-refractivity contribution in [1.82, 2.24) is 5.32 Å². The van der Waals surface area contributed by atoms with Crippen molar-refractivity contribution in [1.29, 1.82) is 0 Å². The zero-order chi connectivity index (χ0) is 17.9. The molecule has 0 amide bonds. The van der Waals surface area contributed by atoms with E-state index in [1.165, 1.54) is 19.2 Å². The number of amidine groups is 1. The molecule has 3 rings (SSSR count). The van der Waals surface area contributed by atoms with E-state index in [0.29, 0.717) is 28.7 Å². The van der Waals surface area contributed by atoms with Crippen LogP contribution in [0.5, 0.6) is 5.75 Å². The molecule has 0 unspecified atom stereocenters. The minimum absolute atomic E-state index is 0.0177. The normalized spacial score (nSPS) is 14.4. The average Bonchev–Trinajstić information content (AvgIpc) is 2.62. The highest BCUT2D eigenvalue weighted by molar-refractivity contribution is 7.92. The molecule has 1 aliphatic heterocycles. The predicted molar refractivity (Wildman–Crippen MR) is 99.3 cm³/mol. The Kier molecular flexibility index (Phi) is 5.15. The first-order valence-electron chi connectivity index (χ1n) is 7.75. The smallest absolute Gasteiger partial charge is 0.265 e. The first-order valence-corrected chi connectivity index (χ1v) is 9.61. The van der Waals surface area contributed by atoms with E-state index in [2.05, 4.69) is 15.0 Å². The Morgan fingerprint density at radius 3 is 2.76 bits per heavy atom. The summed E-state index contributed by atoms with van der Waals surface area (Å²) < 4.78 is 33.5. The summed E-state index contributed by atoms with van der Waals surface area (Å²) in [7, 11) is -2.47. The number of aliphatic imine (C=N–C) groups is 1. The van der Waals surface area contributed by atoms with E-state index in [-0.39, 0.29) is 10.6 Å². The van der Waals surface area contributed by atoms with E-state index in [0.717, 1.165) is 13.0 Å². The summed E-state index contributed by atoms with van der Waals surface area (Å²) in [4.78, 5) is 4.42. The van der Waals surface area contributed by atoms with Crippen LogP contribution in [-0.2, 0) is 10.0 Å². The Bertz CT molecular complexity index is 913. The highest BCUT2D eigenvalue weighted by Gasteiger charge is 2.22. The number of para-hydroxylation sites is 1. The fourth-order valence-corrected chi connectivity index (χ4v) is 4.06. The van der Waals surface area contributed by atoms with Crippen molar-refractivity contribution < 1.29 is 13.2 Å². The van der Waals surface area contributed by atoms with Crippen LogP contribution in [-0.4, -0.2) is 34.5 Å². The standard InChI is InChI=1S/C17H18ClN3O3S/c1-24-15-8-7-12(18)11-16(15)25(22,23)21-14-6-3-2-5-13(14)17-19-9-4-10-20-17/h2-3,5-8,11,21H,4,9-10H2,1H3,(H,19,20). The van der Waals surface area contributed by atoms with Crippen LogP contribution in [0.2, 0.25) is 5.02 Å². The lowest BCUT2D eigenvalue weighted by molar-refractivity contribution is 0.403. The van der Waals surface area contributed by atoms with Gasteiger partial charge < -0.3 is 10.1 Å². The molecular formula is C17H18ClN3O3S. The average molecular weight is 380 g/mol. The van der Waals surface area contributed by atoms with Gasteiger partial charge in [0.25, 0.3) is 10.0 Å². The van der Waals surface area contributed by atoms with E-state index in [1.807, 2.05) is 12.1 Å². The van der Waals surface area contributed by atoms with Gasteiger partial charge >= 0.3 is 0 Å². The van der Waals surface area contributed by atoms with Crippen molar-refractivity contribution >= 4 is 33.1 Å². The van der Waals surface area contributed by atoms with Crippen LogP contribution in [0.4, 0.5) is 5.69 Å². The highest BCUT2D eigenvalue weighted by atomic mass is 35.5. The van der Waals surface area contributed by atoms with Crippen LogP contribution >= 0.6 is 11.6 Å². The zero-order valence-corrected chi connectivity index (χ0v) is 15.2. The van der Waals surface area contributed by atoms with Crippen LogP contribution < -0.4 is 14.8 Å². The van der Waals surface area contributed by atoms with Gasteiger partial charge in [-0.1, -0.05) is 23.7 Å². The molecule has 2 N–H and O–H groups in total.